The molecule has 0 atom stereocenters. The highest BCUT2D eigenvalue weighted by Gasteiger charge is 2.25. The molecule has 5 heteroatoms. The molecule has 24 heavy (non-hydrogen) atoms. The molecule has 0 aliphatic carbocycles. The first kappa shape index (κ1) is 16.6. The van der Waals surface area contributed by atoms with Gasteiger partial charge in [0.15, 0.2) is 0 Å². The van der Waals surface area contributed by atoms with Gasteiger partial charge in [0.1, 0.15) is 0 Å². The fraction of sp³-hybridized carbons (Fsp3) is 0.474. The van der Waals surface area contributed by atoms with Gasteiger partial charge in [-0.1, -0.05) is 0 Å². The summed E-state index contributed by atoms with van der Waals surface area (Å²) in [5, 5.41) is 0. The van der Waals surface area contributed by atoms with Crippen molar-refractivity contribution < 1.29 is 4.79 Å². The monoisotopic (exact) mass is 326 g/mol. The Kier molecular flexibility index (Phi) is 4.60. The van der Waals surface area contributed by atoms with Crippen molar-refractivity contribution in [2.75, 3.05) is 31.1 Å². The highest BCUT2D eigenvalue weighted by Crippen LogP contribution is 2.22. The van der Waals surface area contributed by atoms with Gasteiger partial charge in [0.05, 0.1) is 5.56 Å². The van der Waals surface area contributed by atoms with Gasteiger partial charge in [-0.3, -0.25) is 9.78 Å². The van der Waals surface area contributed by atoms with Gasteiger partial charge in [0.2, 0.25) is 0 Å². The van der Waals surface area contributed by atoms with Crippen molar-refractivity contribution in [1.29, 1.82) is 0 Å². The zero-order valence-electron chi connectivity index (χ0n) is 15.0. The summed E-state index contributed by atoms with van der Waals surface area (Å²) >= 11 is 0. The van der Waals surface area contributed by atoms with Crippen LogP contribution in [0, 0.1) is 13.8 Å². The highest BCUT2D eigenvalue weighted by atomic mass is 16.2. The molecule has 128 valence electrons. The molecule has 0 radical (unpaired) electrons. The lowest BCUT2D eigenvalue weighted by Crippen LogP contribution is -2.48. The van der Waals surface area contributed by atoms with Crippen molar-refractivity contribution >= 4 is 11.6 Å². The molecule has 1 saturated heterocycles. The van der Waals surface area contributed by atoms with Gasteiger partial charge in [-0.25, -0.2) is 0 Å². The van der Waals surface area contributed by atoms with Gasteiger partial charge in [-0.15, -0.1) is 0 Å². The number of aromatic nitrogens is 2. The minimum absolute atomic E-state index is 0.157. The summed E-state index contributed by atoms with van der Waals surface area (Å²) in [6.45, 7) is 11.7. The van der Waals surface area contributed by atoms with E-state index in [1.807, 2.05) is 42.4 Å². The lowest BCUT2D eigenvalue weighted by Gasteiger charge is -2.36. The van der Waals surface area contributed by atoms with Gasteiger partial charge in [0.25, 0.3) is 5.91 Å². The minimum atomic E-state index is 0.157. The molecule has 2 aromatic rings. The summed E-state index contributed by atoms with van der Waals surface area (Å²) < 4.78 is 2.24. The molecule has 1 aliphatic heterocycles. The van der Waals surface area contributed by atoms with Crippen LogP contribution in [0.2, 0.25) is 0 Å². The molecule has 0 bridgehead atoms. The number of amides is 1. The van der Waals surface area contributed by atoms with Crippen molar-refractivity contribution in [3.8, 4) is 0 Å². The number of anilines is 1. The predicted molar refractivity (Wildman–Crippen MR) is 96.6 cm³/mol. The number of carbonyl (C=O) groups is 1. The van der Waals surface area contributed by atoms with Crippen LogP contribution in [0.1, 0.15) is 41.6 Å². The average Bonchev–Trinajstić information content (AvgIpc) is 2.89. The summed E-state index contributed by atoms with van der Waals surface area (Å²) in [7, 11) is 0. The first-order valence-electron chi connectivity index (χ1n) is 8.61. The molecule has 3 heterocycles. The van der Waals surface area contributed by atoms with E-state index in [1.54, 1.807) is 0 Å². The first-order valence-corrected chi connectivity index (χ1v) is 8.61. The number of aryl methyl sites for hydroxylation is 1. The Bertz CT molecular complexity index is 712. The van der Waals surface area contributed by atoms with E-state index in [9.17, 15) is 4.79 Å². The van der Waals surface area contributed by atoms with Crippen LogP contribution in [0.5, 0.6) is 0 Å². The van der Waals surface area contributed by atoms with Crippen molar-refractivity contribution in [2.24, 2.45) is 0 Å². The standard InChI is InChI=1S/C19H26N4O/c1-14(2)23-15(3)13-18(16(23)4)19(24)22-11-9-21(10-12-22)17-5-7-20-8-6-17/h5-8,13-14H,9-12H2,1-4H3. The normalized spacial score (nSPS) is 15.2. The maximum absolute atomic E-state index is 12.9. The van der Waals surface area contributed by atoms with E-state index >= 15 is 0 Å². The molecule has 1 amide bonds. The molecule has 1 aliphatic rings. The summed E-state index contributed by atoms with van der Waals surface area (Å²) in [5.41, 5.74) is 4.25. The smallest absolute Gasteiger partial charge is 0.255 e. The molecule has 1 fully saturated rings. The first-order chi connectivity index (χ1) is 11.5. The highest BCUT2D eigenvalue weighted by molar-refractivity contribution is 5.96. The molecule has 3 rings (SSSR count). The Morgan fingerprint density at radius 1 is 1.08 bits per heavy atom. The summed E-state index contributed by atoms with van der Waals surface area (Å²) in [5.74, 6) is 0.157. The number of piperazine rings is 1. The van der Waals surface area contributed by atoms with Gasteiger partial charge >= 0.3 is 0 Å². The molecule has 0 saturated carbocycles. The average molecular weight is 326 g/mol. The molecule has 0 aromatic carbocycles. The topological polar surface area (TPSA) is 41.4 Å². The number of nitrogens with zero attached hydrogens (tertiary/aromatic N) is 4. The Balaban J connectivity index is 1.71. The molecular weight excluding hydrogens is 300 g/mol. The van der Waals surface area contributed by atoms with Crippen LogP contribution in [0.15, 0.2) is 30.6 Å². The lowest BCUT2D eigenvalue weighted by molar-refractivity contribution is 0.0746. The van der Waals surface area contributed by atoms with E-state index in [0.717, 1.165) is 43.1 Å². The lowest BCUT2D eigenvalue weighted by atomic mass is 10.2. The van der Waals surface area contributed by atoms with Crippen LogP contribution in [0.25, 0.3) is 0 Å². The van der Waals surface area contributed by atoms with E-state index in [0.29, 0.717) is 6.04 Å². The molecule has 0 N–H and O–H groups in total. The zero-order chi connectivity index (χ0) is 17.3. The second kappa shape index (κ2) is 6.67. The molecule has 2 aromatic heterocycles. The van der Waals surface area contributed by atoms with E-state index in [1.165, 1.54) is 5.69 Å². The second-order valence-electron chi connectivity index (χ2n) is 6.73. The van der Waals surface area contributed by atoms with Gasteiger partial charge in [-0.05, 0) is 45.9 Å². The quantitative estimate of drug-likeness (QED) is 0.870. The molecule has 0 unspecified atom stereocenters. The van der Waals surface area contributed by atoms with E-state index in [-0.39, 0.29) is 5.91 Å². The molecule has 5 nitrogen and oxygen atoms in total. The number of hydrogen-bond acceptors (Lipinski definition) is 3. The van der Waals surface area contributed by atoms with Gasteiger partial charge < -0.3 is 14.4 Å². The van der Waals surface area contributed by atoms with Crippen molar-refractivity contribution in [1.82, 2.24) is 14.5 Å². The third-order valence-corrected chi connectivity index (χ3v) is 4.83. The third-order valence-electron chi connectivity index (χ3n) is 4.83. The Hall–Kier alpha value is -2.30. The third kappa shape index (κ3) is 3.03. The fourth-order valence-corrected chi connectivity index (χ4v) is 3.68. The second-order valence-corrected chi connectivity index (χ2v) is 6.73. The summed E-state index contributed by atoms with van der Waals surface area (Å²) in [6.07, 6.45) is 3.63. The summed E-state index contributed by atoms with van der Waals surface area (Å²) in [6, 6.07) is 6.45. The number of rotatable bonds is 3. The fourth-order valence-electron chi connectivity index (χ4n) is 3.68. The van der Waals surface area contributed by atoms with Crippen LogP contribution in [-0.4, -0.2) is 46.5 Å². The van der Waals surface area contributed by atoms with Crippen LogP contribution in [0.4, 0.5) is 5.69 Å². The van der Waals surface area contributed by atoms with Crippen molar-refractivity contribution in [3.05, 3.63) is 47.5 Å². The maximum atomic E-state index is 12.9. The maximum Gasteiger partial charge on any atom is 0.255 e. The minimum Gasteiger partial charge on any atom is -0.368 e. The van der Waals surface area contributed by atoms with Gasteiger partial charge in [0, 0.05) is 61.7 Å². The van der Waals surface area contributed by atoms with E-state index in [4.69, 9.17) is 0 Å². The number of hydrogen-bond donors (Lipinski definition) is 0. The van der Waals surface area contributed by atoms with Crippen LogP contribution in [0.3, 0.4) is 0 Å². The van der Waals surface area contributed by atoms with Crippen LogP contribution >= 0.6 is 0 Å². The van der Waals surface area contributed by atoms with E-state index < -0.39 is 0 Å². The Morgan fingerprint density at radius 2 is 1.71 bits per heavy atom. The SMILES string of the molecule is Cc1cc(C(=O)N2CCN(c3ccncc3)CC2)c(C)n1C(C)C. The Morgan fingerprint density at radius 3 is 2.25 bits per heavy atom. The van der Waals surface area contributed by atoms with E-state index in [2.05, 4.69) is 35.2 Å². The molecular formula is C19H26N4O. The summed E-state index contributed by atoms with van der Waals surface area (Å²) in [4.78, 5) is 21.3. The predicted octanol–water partition coefficient (Wildman–Crippen LogP) is 3.04. The number of pyridine rings is 1. The Labute approximate surface area is 143 Å². The van der Waals surface area contributed by atoms with Crippen LogP contribution in [-0.2, 0) is 0 Å². The zero-order valence-corrected chi connectivity index (χ0v) is 15.0. The number of carbonyl (C=O) groups excluding carboxylic acids is 1. The van der Waals surface area contributed by atoms with Crippen molar-refractivity contribution in [2.45, 2.75) is 33.7 Å². The van der Waals surface area contributed by atoms with Crippen LogP contribution < -0.4 is 4.90 Å². The largest absolute Gasteiger partial charge is 0.368 e. The molecule has 0 spiro atoms. The van der Waals surface area contributed by atoms with Crippen molar-refractivity contribution in [3.63, 3.8) is 0 Å². The van der Waals surface area contributed by atoms with Gasteiger partial charge in [-0.2, -0.15) is 0 Å².